The Bertz CT molecular complexity index is 851. The van der Waals surface area contributed by atoms with Crippen molar-refractivity contribution in [2.75, 3.05) is 0 Å². The van der Waals surface area contributed by atoms with Gasteiger partial charge in [0.05, 0.1) is 17.9 Å². The number of furan rings is 1. The molecule has 6 heteroatoms. The minimum absolute atomic E-state index is 0.255. The van der Waals surface area contributed by atoms with Crippen molar-refractivity contribution in [2.45, 2.75) is 0 Å². The van der Waals surface area contributed by atoms with E-state index in [0.717, 1.165) is 0 Å². The maximum atomic E-state index is 11.3. The number of rotatable bonds is 2. The van der Waals surface area contributed by atoms with Gasteiger partial charge in [0, 0.05) is 11.1 Å². The zero-order valence-electron chi connectivity index (χ0n) is 10.2. The van der Waals surface area contributed by atoms with E-state index in [1.54, 1.807) is 30.3 Å². The third-order valence-electron chi connectivity index (χ3n) is 2.91. The Morgan fingerprint density at radius 1 is 1.20 bits per heavy atom. The number of nitrogens with zero attached hydrogens (tertiary/aromatic N) is 1. The van der Waals surface area contributed by atoms with E-state index in [9.17, 15) is 9.90 Å². The van der Waals surface area contributed by atoms with Crippen molar-refractivity contribution >= 4 is 0 Å². The summed E-state index contributed by atoms with van der Waals surface area (Å²) < 4.78 is 5.33. The summed E-state index contributed by atoms with van der Waals surface area (Å²) in [5, 5.41) is 18.7. The Labute approximate surface area is 112 Å². The molecule has 3 rings (SSSR count). The maximum Gasteiger partial charge on any atom is 0.326 e. The van der Waals surface area contributed by atoms with Crippen LogP contribution in [-0.4, -0.2) is 15.1 Å². The van der Waals surface area contributed by atoms with Crippen LogP contribution in [0, 0.1) is 11.3 Å². The van der Waals surface area contributed by atoms with Crippen molar-refractivity contribution in [1.29, 1.82) is 5.26 Å². The van der Waals surface area contributed by atoms with Crippen LogP contribution in [-0.2, 0) is 0 Å². The van der Waals surface area contributed by atoms with Gasteiger partial charge < -0.3 is 14.5 Å². The van der Waals surface area contributed by atoms with Crippen molar-refractivity contribution in [3.05, 3.63) is 52.6 Å². The number of hydrogen-bond acceptors (Lipinski definition) is 4. The predicted octanol–water partition coefficient (Wildman–Crippen LogP) is 2.21. The first-order valence-electron chi connectivity index (χ1n) is 5.78. The summed E-state index contributed by atoms with van der Waals surface area (Å²) in [4.78, 5) is 16.0. The molecule has 2 heterocycles. The fourth-order valence-electron chi connectivity index (χ4n) is 2.04. The standard InChI is InChI=1S/C14H9N3O3/c15-7-8-3-4-9(12-13(18)17-14(19)16-12)10(6-8)11-2-1-5-20-11/h1-6,18H,(H2,16,17,19). The maximum absolute atomic E-state index is 11.3. The molecule has 0 amide bonds. The lowest BCUT2D eigenvalue weighted by molar-refractivity contribution is 0.457. The third-order valence-corrected chi connectivity index (χ3v) is 2.91. The Kier molecular flexibility index (Phi) is 2.66. The molecule has 0 radical (unpaired) electrons. The second-order valence-corrected chi connectivity index (χ2v) is 4.15. The van der Waals surface area contributed by atoms with Gasteiger partial charge in [0.25, 0.3) is 0 Å². The number of hydrogen-bond donors (Lipinski definition) is 3. The fraction of sp³-hybridized carbons (Fsp3) is 0. The molecule has 0 spiro atoms. The first-order valence-corrected chi connectivity index (χ1v) is 5.78. The number of imidazole rings is 1. The highest BCUT2D eigenvalue weighted by Crippen LogP contribution is 2.34. The molecule has 0 saturated heterocycles. The number of H-pyrrole nitrogens is 2. The summed E-state index contributed by atoms with van der Waals surface area (Å²) in [6.07, 6.45) is 1.51. The molecule has 0 fully saturated rings. The van der Waals surface area contributed by atoms with Gasteiger partial charge in [-0.15, -0.1) is 0 Å². The van der Waals surface area contributed by atoms with Gasteiger partial charge in [0.15, 0.2) is 0 Å². The van der Waals surface area contributed by atoms with E-state index in [1.165, 1.54) is 6.26 Å². The van der Waals surface area contributed by atoms with Crippen LogP contribution in [0.5, 0.6) is 5.88 Å². The molecule has 3 aromatic rings. The lowest BCUT2D eigenvalue weighted by Gasteiger charge is -2.06. The molecule has 2 aromatic heterocycles. The van der Waals surface area contributed by atoms with Gasteiger partial charge in [-0.25, -0.2) is 4.79 Å². The monoisotopic (exact) mass is 267 g/mol. The number of aromatic hydroxyl groups is 1. The van der Waals surface area contributed by atoms with Crippen molar-refractivity contribution in [2.24, 2.45) is 0 Å². The van der Waals surface area contributed by atoms with Crippen LogP contribution in [0.15, 0.2) is 45.8 Å². The van der Waals surface area contributed by atoms with Crippen molar-refractivity contribution < 1.29 is 9.52 Å². The first-order chi connectivity index (χ1) is 9.69. The van der Waals surface area contributed by atoms with E-state index in [-0.39, 0.29) is 11.6 Å². The number of aromatic nitrogens is 2. The van der Waals surface area contributed by atoms with Gasteiger partial charge in [-0.3, -0.25) is 4.98 Å². The topological polar surface area (TPSA) is 106 Å². The van der Waals surface area contributed by atoms with Crippen LogP contribution < -0.4 is 5.69 Å². The van der Waals surface area contributed by atoms with Gasteiger partial charge in [-0.1, -0.05) is 6.07 Å². The average Bonchev–Trinajstić information content (AvgIpc) is 3.08. The zero-order valence-corrected chi connectivity index (χ0v) is 10.2. The number of nitrogens with one attached hydrogen (secondary N) is 2. The van der Waals surface area contributed by atoms with Gasteiger partial charge in [-0.05, 0) is 24.3 Å². The summed E-state index contributed by atoms with van der Waals surface area (Å²) in [6.45, 7) is 0. The summed E-state index contributed by atoms with van der Waals surface area (Å²) in [5.41, 5.74) is 1.38. The van der Waals surface area contributed by atoms with Crippen molar-refractivity contribution in [3.8, 4) is 34.5 Å². The van der Waals surface area contributed by atoms with Crippen LogP contribution >= 0.6 is 0 Å². The molecule has 1 aromatic carbocycles. The van der Waals surface area contributed by atoms with E-state index in [2.05, 4.69) is 9.97 Å². The normalized spacial score (nSPS) is 10.3. The minimum Gasteiger partial charge on any atom is -0.493 e. The van der Waals surface area contributed by atoms with E-state index >= 15 is 0 Å². The highest BCUT2D eigenvalue weighted by molar-refractivity contribution is 5.82. The molecule has 0 bridgehead atoms. The largest absolute Gasteiger partial charge is 0.493 e. The van der Waals surface area contributed by atoms with Gasteiger partial charge in [-0.2, -0.15) is 5.26 Å². The van der Waals surface area contributed by atoms with E-state index in [4.69, 9.17) is 9.68 Å². The van der Waals surface area contributed by atoms with Gasteiger partial charge in [0.2, 0.25) is 5.88 Å². The average molecular weight is 267 g/mol. The smallest absolute Gasteiger partial charge is 0.326 e. The van der Waals surface area contributed by atoms with Gasteiger partial charge >= 0.3 is 5.69 Å². The van der Waals surface area contributed by atoms with Crippen LogP contribution in [0.4, 0.5) is 0 Å². The molecule has 98 valence electrons. The molecular weight excluding hydrogens is 258 g/mol. The molecule has 0 saturated carbocycles. The second kappa shape index (κ2) is 4.48. The summed E-state index contributed by atoms with van der Waals surface area (Å²) in [7, 11) is 0. The Morgan fingerprint density at radius 2 is 2.05 bits per heavy atom. The Morgan fingerprint density at radius 3 is 2.65 bits per heavy atom. The quantitative estimate of drug-likeness (QED) is 0.661. The van der Waals surface area contributed by atoms with Gasteiger partial charge in [0.1, 0.15) is 11.5 Å². The van der Waals surface area contributed by atoms with Crippen molar-refractivity contribution in [1.82, 2.24) is 9.97 Å². The predicted molar refractivity (Wildman–Crippen MR) is 70.9 cm³/mol. The molecule has 0 aliphatic heterocycles. The number of aromatic amines is 2. The third kappa shape index (κ3) is 1.87. The Balaban J connectivity index is 2.29. The summed E-state index contributed by atoms with van der Waals surface area (Å²) in [5.74, 6) is 0.283. The minimum atomic E-state index is -0.507. The molecule has 0 aliphatic rings. The van der Waals surface area contributed by atoms with Crippen LogP contribution in [0.1, 0.15) is 5.56 Å². The highest BCUT2D eigenvalue weighted by Gasteiger charge is 2.16. The van der Waals surface area contributed by atoms with Crippen molar-refractivity contribution in [3.63, 3.8) is 0 Å². The SMILES string of the molecule is N#Cc1ccc(-c2[nH]c(=O)[nH]c2O)c(-c2ccco2)c1. The number of nitriles is 1. The zero-order chi connectivity index (χ0) is 14.1. The molecule has 6 nitrogen and oxygen atoms in total. The second-order valence-electron chi connectivity index (χ2n) is 4.15. The van der Waals surface area contributed by atoms with E-state index in [0.29, 0.717) is 22.5 Å². The summed E-state index contributed by atoms with van der Waals surface area (Å²) >= 11 is 0. The highest BCUT2D eigenvalue weighted by atomic mass is 16.3. The molecule has 20 heavy (non-hydrogen) atoms. The Hall–Kier alpha value is -3.20. The fourth-order valence-corrected chi connectivity index (χ4v) is 2.04. The lowest BCUT2D eigenvalue weighted by Crippen LogP contribution is -2.00. The molecule has 0 unspecified atom stereocenters. The first kappa shape index (κ1) is 11.9. The number of benzene rings is 1. The molecule has 0 atom stereocenters. The van der Waals surface area contributed by atoms with E-state index in [1.807, 2.05) is 6.07 Å². The lowest BCUT2D eigenvalue weighted by atomic mass is 10.00. The molecule has 3 N–H and O–H groups in total. The van der Waals surface area contributed by atoms with Crippen LogP contribution in [0.3, 0.4) is 0 Å². The van der Waals surface area contributed by atoms with Crippen LogP contribution in [0.25, 0.3) is 22.6 Å². The molecular formula is C14H9N3O3. The van der Waals surface area contributed by atoms with Crippen LogP contribution in [0.2, 0.25) is 0 Å². The summed E-state index contributed by atoms with van der Waals surface area (Å²) in [6, 6.07) is 10.4. The van der Waals surface area contributed by atoms with E-state index < -0.39 is 5.69 Å². The molecule has 0 aliphatic carbocycles.